The number of benzene rings is 4. The van der Waals surface area contributed by atoms with Gasteiger partial charge in [-0.05, 0) is 60.7 Å². The highest BCUT2D eigenvalue weighted by atomic mass is 16.5. The Bertz CT molecular complexity index is 1130. The average Bonchev–Trinajstić information content (AvgIpc) is 2.85. The minimum Gasteiger partial charge on any atom is -0.490 e. The van der Waals surface area contributed by atoms with Gasteiger partial charge < -0.3 is 20.1 Å². The van der Waals surface area contributed by atoms with Crippen LogP contribution in [-0.4, -0.2) is 19.1 Å². The number of anilines is 3. The van der Waals surface area contributed by atoms with Crippen LogP contribution in [0, 0.1) is 0 Å². The Morgan fingerprint density at radius 1 is 0.594 bits per heavy atom. The third-order valence-electron chi connectivity index (χ3n) is 4.69. The molecule has 4 aromatic carbocycles. The normalized spacial score (nSPS) is 10.2. The van der Waals surface area contributed by atoms with Gasteiger partial charge in [-0.15, -0.1) is 0 Å². The van der Waals surface area contributed by atoms with Gasteiger partial charge >= 0.3 is 0 Å². The van der Waals surface area contributed by atoms with Crippen LogP contribution >= 0.6 is 0 Å². The summed E-state index contributed by atoms with van der Waals surface area (Å²) in [6.45, 7) is 0.717. The average molecular weight is 425 g/mol. The maximum Gasteiger partial charge on any atom is 0.259 e. The molecule has 0 spiro atoms. The van der Waals surface area contributed by atoms with Crippen LogP contribution in [0.15, 0.2) is 109 Å². The quantitative estimate of drug-likeness (QED) is 0.317. The highest BCUT2D eigenvalue weighted by molar-refractivity contribution is 6.06. The maximum absolute atomic E-state index is 12.8. The molecule has 0 bridgehead atoms. The summed E-state index contributed by atoms with van der Waals surface area (Å²) in [5.41, 5.74) is 3.12. The van der Waals surface area contributed by atoms with Crippen LogP contribution in [-0.2, 0) is 0 Å². The Morgan fingerprint density at radius 3 is 1.91 bits per heavy atom. The van der Waals surface area contributed by atoms with E-state index in [4.69, 9.17) is 9.47 Å². The molecule has 1 amide bonds. The lowest BCUT2D eigenvalue weighted by atomic mass is 10.1. The standard InChI is InChI=1S/C27H24N2O3/c30-27(29-23-17-15-22(16-18-23)28-21-9-3-1-4-10-21)25-13-7-8-14-26(25)32-20-19-31-24-11-5-2-6-12-24/h1-18,28H,19-20H2,(H,29,30). The Kier molecular flexibility index (Phi) is 7.01. The largest absolute Gasteiger partial charge is 0.490 e. The van der Waals surface area contributed by atoms with E-state index in [0.29, 0.717) is 30.2 Å². The fraction of sp³-hybridized carbons (Fsp3) is 0.0741. The first-order valence-corrected chi connectivity index (χ1v) is 10.4. The van der Waals surface area contributed by atoms with Crippen molar-refractivity contribution in [2.24, 2.45) is 0 Å². The van der Waals surface area contributed by atoms with E-state index in [1.165, 1.54) is 0 Å². The predicted octanol–water partition coefficient (Wildman–Crippen LogP) is 6.14. The fourth-order valence-electron chi connectivity index (χ4n) is 3.13. The lowest BCUT2D eigenvalue weighted by Crippen LogP contribution is -2.15. The van der Waals surface area contributed by atoms with E-state index in [-0.39, 0.29) is 5.91 Å². The first-order chi connectivity index (χ1) is 15.8. The molecule has 0 saturated carbocycles. The lowest BCUT2D eigenvalue weighted by molar-refractivity contribution is 0.102. The third kappa shape index (κ3) is 5.89. The summed E-state index contributed by atoms with van der Waals surface area (Å²) in [6.07, 6.45) is 0. The molecular weight excluding hydrogens is 400 g/mol. The number of amides is 1. The van der Waals surface area contributed by atoms with Crippen molar-refractivity contribution >= 4 is 23.0 Å². The molecule has 5 nitrogen and oxygen atoms in total. The van der Waals surface area contributed by atoms with E-state index in [1.54, 1.807) is 12.1 Å². The van der Waals surface area contributed by atoms with Crippen molar-refractivity contribution in [3.8, 4) is 11.5 Å². The Balaban J connectivity index is 1.33. The molecule has 2 N–H and O–H groups in total. The van der Waals surface area contributed by atoms with Gasteiger partial charge in [0.2, 0.25) is 0 Å². The van der Waals surface area contributed by atoms with Gasteiger partial charge in [-0.2, -0.15) is 0 Å². The number of carbonyl (C=O) groups is 1. The first-order valence-electron chi connectivity index (χ1n) is 10.4. The number of hydrogen-bond donors (Lipinski definition) is 2. The van der Waals surface area contributed by atoms with Crippen molar-refractivity contribution in [2.45, 2.75) is 0 Å². The number of nitrogens with one attached hydrogen (secondary N) is 2. The van der Waals surface area contributed by atoms with E-state index in [2.05, 4.69) is 10.6 Å². The minimum atomic E-state index is -0.228. The first kappa shape index (κ1) is 21.0. The summed E-state index contributed by atoms with van der Waals surface area (Å²) in [6, 6.07) is 34.2. The molecule has 32 heavy (non-hydrogen) atoms. The van der Waals surface area contributed by atoms with Crippen LogP contribution in [0.25, 0.3) is 0 Å². The highest BCUT2D eigenvalue weighted by Gasteiger charge is 2.12. The molecule has 0 radical (unpaired) electrons. The molecule has 0 aliphatic rings. The van der Waals surface area contributed by atoms with E-state index in [1.807, 2.05) is 97.1 Å². The third-order valence-corrected chi connectivity index (χ3v) is 4.69. The van der Waals surface area contributed by atoms with Crippen molar-refractivity contribution < 1.29 is 14.3 Å². The number of carbonyl (C=O) groups excluding carboxylic acids is 1. The molecule has 0 aliphatic heterocycles. The number of para-hydroxylation sites is 3. The molecule has 4 aromatic rings. The van der Waals surface area contributed by atoms with Crippen molar-refractivity contribution in [1.29, 1.82) is 0 Å². The minimum absolute atomic E-state index is 0.228. The van der Waals surface area contributed by atoms with Gasteiger partial charge in [0.05, 0.1) is 5.56 Å². The van der Waals surface area contributed by atoms with Gasteiger partial charge in [0.1, 0.15) is 24.7 Å². The van der Waals surface area contributed by atoms with Crippen LogP contribution in [0.1, 0.15) is 10.4 Å². The second-order valence-electron chi connectivity index (χ2n) is 7.03. The zero-order valence-corrected chi connectivity index (χ0v) is 17.5. The zero-order valence-electron chi connectivity index (χ0n) is 17.5. The van der Waals surface area contributed by atoms with Crippen molar-refractivity contribution in [3.05, 3.63) is 115 Å². The highest BCUT2D eigenvalue weighted by Crippen LogP contribution is 2.22. The van der Waals surface area contributed by atoms with Crippen LogP contribution in [0.4, 0.5) is 17.1 Å². The lowest BCUT2D eigenvalue weighted by Gasteiger charge is -2.13. The van der Waals surface area contributed by atoms with Crippen LogP contribution in [0.5, 0.6) is 11.5 Å². The summed E-state index contributed by atoms with van der Waals surface area (Å²) in [4.78, 5) is 12.8. The molecule has 4 rings (SSSR count). The molecule has 0 atom stereocenters. The summed E-state index contributed by atoms with van der Waals surface area (Å²) in [7, 11) is 0. The molecule has 5 heteroatoms. The molecular formula is C27H24N2O3. The summed E-state index contributed by atoms with van der Waals surface area (Å²) in [5.74, 6) is 1.07. The van der Waals surface area contributed by atoms with Crippen LogP contribution < -0.4 is 20.1 Å². The smallest absolute Gasteiger partial charge is 0.259 e. The van der Waals surface area contributed by atoms with E-state index in [0.717, 1.165) is 17.1 Å². The summed E-state index contributed by atoms with van der Waals surface area (Å²) < 4.78 is 11.5. The van der Waals surface area contributed by atoms with Crippen LogP contribution in [0.2, 0.25) is 0 Å². The maximum atomic E-state index is 12.8. The zero-order chi connectivity index (χ0) is 22.0. The van der Waals surface area contributed by atoms with Crippen molar-refractivity contribution in [1.82, 2.24) is 0 Å². The van der Waals surface area contributed by atoms with E-state index in [9.17, 15) is 4.79 Å². The van der Waals surface area contributed by atoms with Gasteiger partial charge in [0.15, 0.2) is 0 Å². The van der Waals surface area contributed by atoms with Gasteiger partial charge in [-0.3, -0.25) is 4.79 Å². The Morgan fingerprint density at radius 2 is 1.16 bits per heavy atom. The molecule has 0 aliphatic carbocycles. The molecule has 0 aromatic heterocycles. The van der Waals surface area contributed by atoms with Crippen LogP contribution in [0.3, 0.4) is 0 Å². The SMILES string of the molecule is O=C(Nc1ccc(Nc2ccccc2)cc1)c1ccccc1OCCOc1ccccc1. The molecule has 0 saturated heterocycles. The number of rotatable bonds is 9. The molecule has 0 fully saturated rings. The van der Waals surface area contributed by atoms with Gasteiger partial charge in [-0.25, -0.2) is 0 Å². The summed E-state index contributed by atoms with van der Waals surface area (Å²) >= 11 is 0. The van der Waals surface area contributed by atoms with Gasteiger partial charge in [0.25, 0.3) is 5.91 Å². The number of hydrogen-bond acceptors (Lipinski definition) is 4. The molecule has 0 heterocycles. The Hall–Kier alpha value is -4.25. The van der Waals surface area contributed by atoms with Crippen molar-refractivity contribution in [2.75, 3.05) is 23.8 Å². The van der Waals surface area contributed by atoms with Crippen molar-refractivity contribution in [3.63, 3.8) is 0 Å². The predicted molar refractivity (Wildman–Crippen MR) is 128 cm³/mol. The van der Waals surface area contributed by atoms with E-state index < -0.39 is 0 Å². The van der Waals surface area contributed by atoms with Gasteiger partial charge in [0, 0.05) is 17.1 Å². The summed E-state index contributed by atoms with van der Waals surface area (Å²) in [5, 5.41) is 6.25. The second kappa shape index (κ2) is 10.7. The second-order valence-corrected chi connectivity index (χ2v) is 7.03. The monoisotopic (exact) mass is 424 g/mol. The molecule has 160 valence electrons. The number of ether oxygens (including phenoxy) is 2. The molecule has 0 unspecified atom stereocenters. The fourth-order valence-corrected chi connectivity index (χ4v) is 3.13. The Labute approximate surface area is 187 Å². The van der Waals surface area contributed by atoms with Gasteiger partial charge in [-0.1, -0.05) is 48.5 Å². The van der Waals surface area contributed by atoms with E-state index >= 15 is 0 Å². The topological polar surface area (TPSA) is 59.6 Å².